The second kappa shape index (κ2) is 5.44. The Labute approximate surface area is 123 Å². The van der Waals surface area contributed by atoms with Gasteiger partial charge in [0.1, 0.15) is 5.82 Å². The van der Waals surface area contributed by atoms with Gasteiger partial charge in [-0.05, 0) is 24.5 Å². The van der Waals surface area contributed by atoms with Gasteiger partial charge in [0.15, 0.2) is 0 Å². The summed E-state index contributed by atoms with van der Waals surface area (Å²) in [6.45, 7) is 6.70. The van der Waals surface area contributed by atoms with Crippen LogP contribution in [0.3, 0.4) is 0 Å². The number of benzene rings is 1. The molecule has 0 aliphatic rings. The van der Waals surface area contributed by atoms with Gasteiger partial charge in [0.25, 0.3) is 0 Å². The highest BCUT2D eigenvalue weighted by molar-refractivity contribution is 6.35. The molecule has 2 aromatic rings. The number of aromatic nitrogens is 2. The van der Waals surface area contributed by atoms with Crippen molar-refractivity contribution >= 4 is 28.6 Å². The van der Waals surface area contributed by atoms with Crippen LogP contribution in [-0.2, 0) is 17.8 Å². The molecule has 1 heterocycles. The van der Waals surface area contributed by atoms with Gasteiger partial charge in [0, 0.05) is 13.0 Å². The molecule has 1 N–H and O–H groups in total. The van der Waals surface area contributed by atoms with Gasteiger partial charge in [-0.15, -0.1) is 0 Å². The molecule has 0 unspecified atom stereocenters. The minimum Gasteiger partial charge on any atom is -0.481 e. The first-order chi connectivity index (χ1) is 9.34. The van der Waals surface area contributed by atoms with Crippen molar-refractivity contribution in [2.75, 3.05) is 0 Å². The molecule has 4 nitrogen and oxygen atoms in total. The third-order valence-corrected chi connectivity index (χ3v) is 3.68. The van der Waals surface area contributed by atoms with Gasteiger partial charge in [-0.2, -0.15) is 0 Å². The molecular weight excluding hydrogens is 276 g/mol. The first-order valence-electron chi connectivity index (χ1n) is 6.69. The first-order valence-corrected chi connectivity index (χ1v) is 7.07. The number of carboxylic acid groups (broad SMARTS) is 1. The second-order valence-corrected chi connectivity index (χ2v) is 6.20. The molecule has 0 aliphatic heterocycles. The summed E-state index contributed by atoms with van der Waals surface area (Å²) in [7, 11) is 0. The van der Waals surface area contributed by atoms with E-state index in [9.17, 15) is 4.79 Å². The van der Waals surface area contributed by atoms with Crippen LogP contribution in [0.5, 0.6) is 0 Å². The lowest BCUT2D eigenvalue weighted by molar-refractivity contribution is -0.139. The predicted molar refractivity (Wildman–Crippen MR) is 80.2 cm³/mol. The molecule has 0 spiro atoms. The minimum absolute atomic E-state index is 0.119. The lowest BCUT2D eigenvalue weighted by Gasteiger charge is -2.22. The molecule has 0 radical (unpaired) electrons. The largest absolute Gasteiger partial charge is 0.481 e. The average Bonchev–Trinajstić information content (AvgIpc) is 2.64. The Morgan fingerprint density at radius 3 is 2.75 bits per heavy atom. The molecule has 0 amide bonds. The van der Waals surface area contributed by atoms with Crippen molar-refractivity contribution in [1.82, 2.24) is 9.55 Å². The standard InChI is InChI=1S/C15H19ClN2O2/c1-4-18-12(8-15(2,3)9-13(19)20)17-11-7-5-6-10(16)14(11)18/h5-7H,4,8-9H2,1-3H3,(H,19,20). The van der Waals surface area contributed by atoms with Crippen LogP contribution >= 0.6 is 11.6 Å². The van der Waals surface area contributed by atoms with E-state index < -0.39 is 5.97 Å². The van der Waals surface area contributed by atoms with Crippen molar-refractivity contribution < 1.29 is 9.90 Å². The molecule has 0 atom stereocenters. The van der Waals surface area contributed by atoms with E-state index in [1.807, 2.05) is 39.0 Å². The van der Waals surface area contributed by atoms with Crippen LogP contribution in [0.4, 0.5) is 0 Å². The fraction of sp³-hybridized carbons (Fsp3) is 0.467. The lowest BCUT2D eigenvalue weighted by atomic mass is 9.85. The number of hydrogen-bond acceptors (Lipinski definition) is 2. The molecule has 0 fully saturated rings. The summed E-state index contributed by atoms with van der Waals surface area (Å²) >= 11 is 6.25. The fourth-order valence-electron chi connectivity index (χ4n) is 2.57. The predicted octanol–water partition coefficient (Wildman–Crippen LogP) is 3.75. The maximum atomic E-state index is 10.9. The molecule has 0 saturated heterocycles. The van der Waals surface area contributed by atoms with E-state index >= 15 is 0 Å². The number of carbonyl (C=O) groups is 1. The number of rotatable bonds is 5. The number of hydrogen-bond donors (Lipinski definition) is 1. The summed E-state index contributed by atoms with van der Waals surface area (Å²) in [6.07, 6.45) is 0.728. The number of para-hydroxylation sites is 1. The van der Waals surface area contributed by atoms with Gasteiger partial charge in [0.2, 0.25) is 0 Å². The molecule has 20 heavy (non-hydrogen) atoms. The van der Waals surface area contributed by atoms with E-state index in [1.165, 1.54) is 0 Å². The van der Waals surface area contributed by atoms with Crippen LogP contribution < -0.4 is 0 Å². The summed E-state index contributed by atoms with van der Waals surface area (Å²) < 4.78 is 2.07. The van der Waals surface area contributed by atoms with Crippen LogP contribution in [0, 0.1) is 5.41 Å². The molecule has 1 aromatic heterocycles. The normalized spacial score (nSPS) is 12.0. The molecule has 5 heteroatoms. The zero-order chi connectivity index (χ0) is 14.9. The first kappa shape index (κ1) is 14.9. The highest BCUT2D eigenvalue weighted by Crippen LogP contribution is 2.30. The summed E-state index contributed by atoms with van der Waals surface area (Å²) in [4.78, 5) is 15.6. The zero-order valence-corrected chi connectivity index (χ0v) is 12.7. The Morgan fingerprint density at radius 2 is 2.15 bits per heavy atom. The maximum absolute atomic E-state index is 10.9. The zero-order valence-electron chi connectivity index (χ0n) is 12.0. The quantitative estimate of drug-likeness (QED) is 0.913. The Balaban J connectivity index is 2.45. The van der Waals surface area contributed by atoms with E-state index in [0.717, 1.165) is 23.4 Å². The fourth-order valence-corrected chi connectivity index (χ4v) is 2.84. The SMILES string of the molecule is CCn1c(CC(C)(C)CC(=O)O)nc2cccc(Cl)c21. The monoisotopic (exact) mass is 294 g/mol. The number of nitrogens with zero attached hydrogens (tertiary/aromatic N) is 2. The Kier molecular flexibility index (Phi) is 4.04. The van der Waals surface area contributed by atoms with Crippen molar-refractivity contribution in [3.8, 4) is 0 Å². The van der Waals surface area contributed by atoms with E-state index in [0.29, 0.717) is 11.4 Å². The third kappa shape index (κ3) is 2.96. The van der Waals surface area contributed by atoms with Crippen LogP contribution in [0.25, 0.3) is 11.0 Å². The van der Waals surface area contributed by atoms with E-state index in [4.69, 9.17) is 16.7 Å². The van der Waals surface area contributed by atoms with Crippen LogP contribution in [-0.4, -0.2) is 20.6 Å². The summed E-state index contributed by atoms with van der Waals surface area (Å²) in [6, 6.07) is 5.66. The number of halogens is 1. The van der Waals surface area contributed by atoms with E-state index in [2.05, 4.69) is 9.55 Å². The van der Waals surface area contributed by atoms with Gasteiger partial charge in [-0.1, -0.05) is 31.5 Å². The summed E-state index contributed by atoms with van der Waals surface area (Å²) in [5, 5.41) is 9.67. The topological polar surface area (TPSA) is 55.1 Å². The number of carboxylic acids is 1. The molecule has 108 valence electrons. The number of imidazole rings is 1. The third-order valence-electron chi connectivity index (χ3n) is 3.38. The molecular formula is C15H19ClN2O2. The molecule has 2 rings (SSSR count). The van der Waals surface area contributed by atoms with Crippen molar-refractivity contribution in [3.63, 3.8) is 0 Å². The van der Waals surface area contributed by atoms with E-state index in [1.54, 1.807) is 0 Å². The van der Waals surface area contributed by atoms with Crippen molar-refractivity contribution in [1.29, 1.82) is 0 Å². The van der Waals surface area contributed by atoms with Gasteiger partial charge < -0.3 is 9.67 Å². The molecule has 1 aromatic carbocycles. The number of fused-ring (bicyclic) bond motifs is 1. The Hall–Kier alpha value is -1.55. The van der Waals surface area contributed by atoms with Crippen molar-refractivity contribution in [2.24, 2.45) is 5.41 Å². The molecule has 0 aliphatic carbocycles. The minimum atomic E-state index is -0.785. The van der Waals surface area contributed by atoms with Gasteiger partial charge >= 0.3 is 5.97 Å². The van der Waals surface area contributed by atoms with Crippen LogP contribution in [0.1, 0.15) is 33.0 Å². The summed E-state index contributed by atoms with van der Waals surface area (Å²) in [5.41, 5.74) is 1.45. The Morgan fingerprint density at radius 1 is 1.45 bits per heavy atom. The lowest BCUT2D eigenvalue weighted by Crippen LogP contribution is -2.21. The van der Waals surface area contributed by atoms with Crippen molar-refractivity contribution in [2.45, 2.75) is 40.2 Å². The van der Waals surface area contributed by atoms with Gasteiger partial charge in [0.05, 0.1) is 22.5 Å². The second-order valence-electron chi connectivity index (χ2n) is 5.79. The Bertz CT molecular complexity index is 647. The smallest absolute Gasteiger partial charge is 0.303 e. The van der Waals surface area contributed by atoms with Gasteiger partial charge in [-0.25, -0.2) is 4.98 Å². The summed E-state index contributed by atoms with van der Waals surface area (Å²) in [5.74, 6) is 0.106. The number of aliphatic carboxylic acids is 1. The molecule has 0 saturated carbocycles. The van der Waals surface area contributed by atoms with E-state index in [-0.39, 0.29) is 11.8 Å². The maximum Gasteiger partial charge on any atom is 0.303 e. The molecule has 0 bridgehead atoms. The van der Waals surface area contributed by atoms with Gasteiger partial charge in [-0.3, -0.25) is 4.79 Å². The van der Waals surface area contributed by atoms with Crippen LogP contribution in [0.2, 0.25) is 5.02 Å². The van der Waals surface area contributed by atoms with Crippen LogP contribution in [0.15, 0.2) is 18.2 Å². The van der Waals surface area contributed by atoms with Crippen molar-refractivity contribution in [3.05, 3.63) is 29.0 Å². The number of aryl methyl sites for hydroxylation is 1. The average molecular weight is 295 g/mol. The highest BCUT2D eigenvalue weighted by atomic mass is 35.5. The highest BCUT2D eigenvalue weighted by Gasteiger charge is 2.25.